The minimum atomic E-state index is 0.768. The lowest BCUT2D eigenvalue weighted by Gasteiger charge is -2.23. The van der Waals surface area contributed by atoms with Gasteiger partial charge in [-0.3, -0.25) is 0 Å². The topological polar surface area (TPSA) is 12.0 Å². The Balaban J connectivity index is 1.84. The Kier molecular flexibility index (Phi) is 5.77. The number of hydrogen-bond donors (Lipinski definition) is 1. The zero-order valence-electron chi connectivity index (χ0n) is 12.5. The van der Waals surface area contributed by atoms with Crippen LogP contribution in [0.25, 0.3) is 0 Å². The van der Waals surface area contributed by atoms with E-state index in [4.69, 9.17) is 0 Å². The molecule has 1 aromatic carbocycles. The summed E-state index contributed by atoms with van der Waals surface area (Å²) in [4.78, 5) is 1.51. The summed E-state index contributed by atoms with van der Waals surface area (Å²) in [6.07, 6.45) is 2.56. The first-order valence-electron chi connectivity index (χ1n) is 7.64. The molecule has 0 aromatic heterocycles. The number of hydrogen-bond acceptors (Lipinski definition) is 2. The van der Waals surface area contributed by atoms with E-state index >= 15 is 0 Å². The molecule has 0 saturated carbocycles. The fourth-order valence-corrected chi connectivity index (χ4v) is 4.09. The number of rotatable bonds is 7. The number of thioether (sulfide) groups is 1. The van der Waals surface area contributed by atoms with E-state index < -0.39 is 0 Å². The van der Waals surface area contributed by atoms with Gasteiger partial charge in [0, 0.05) is 10.6 Å². The zero-order chi connectivity index (χ0) is 13.7. The molecular weight excluding hydrogens is 250 g/mol. The van der Waals surface area contributed by atoms with Gasteiger partial charge in [-0.05, 0) is 55.3 Å². The Labute approximate surface area is 122 Å². The van der Waals surface area contributed by atoms with Crippen molar-refractivity contribution in [2.24, 2.45) is 11.8 Å². The Hall–Kier alpha value is -0.470. The molecule has 0 saturated heterocycles. The van der Waals surface area contributed by atoms with Gasteiger partial charge in [0.1, 0.15) is 0 Å². The maximum Gasteiger partial charge on any atom is 0.0107 e. The average molecular weight is 277 g/mol. The van der Waals surface area contributed by atoms with E-state index in [9.17, 15) is 0 Å². The molecule has 1 aliphatic rings. The van der Waals surface area contributed by atoms with Crippen LogP contribution in [0.2, 0.25) is 0 Å². The molecule has 1 N–H and O–H groups in total. The highest BCUT2D eigenvalue weighted by molar-refractivity contribution is 7.99. The first-order valence-corrected chi connectivity index (χ1v) is 8.63. The summed E-state index contributed by atoms with van der Waals surface area (Å²) in [5, 5.41) is 3.55. The smallest absolute Gasteiger partial charge is 0.0107 e. The van der Waals surface area contributed by atoms with Crippen LogP contribution >= 0.6 is 11.8 Å². The van der Waals surface area contributed by atoms with Crippen molar-refractivity contribution in [2.45, 2.75) is 44.4 Å². The van der Waals surface area contributed by atoms with Gasteiger partial charge < -0.3 is 5.32 Å². The van der Waals surface area contributed by atoms with E-state index in [0.29, 0.717) is 0 Å². The molecule has 0 aliphatic carbocycles. The summed E-state index contributed by atoms with van der Waals surface area (Å²) in [5.41, 5.74) is 1.59. The Bertz CT molecular complexity index is 391. The Morgan fingerprint density at radius 2 is 2.05 bits per heavy atom. The van der Waals surface area contributed by atoms with Crippen molar-refractivity contribution in [3.63, 3.8) is 0 Å². The second-order valence-electron chi connectivity index (χ2n) is 5.94. The van der Waals surface area contributed by atoms with Gasteiger partial charge in [-0.25, -0.2) is 0 Å². The van der Waals surface area contributed by atoms with E-state index in [0.717, 1.165) is 30.8 Å². The second kappa shape index (κ2) is 7.35. The van der Waals surface area contributed by atoms with Crippen LogP contribution in [0, 0.1) is 11.8 Å². The quantitative estimate of drug-likeness (QED) is 0.734. The third kappa shape index (κ3) is 4.00. The van der Waals surface area contributed by atoms with Crippen molar-refractivity contribution < 1.29 is 0 Å². The summed E-state index contributed by atoms with van der Waals surface area (Å²) in [6, 6.07) is 8.95. The summed E-state index contributed by atoms with van der Waals surface area (Å²) in [6.45, 7) is 9.36. The van der Waals surface area contributed by atoms with Crippen molar-refractivity contribution in [3.05, 3.63) is 29.8 Å². The molecule has 0 bridgehead atoms. The molecule has 0 fully saturated rings. The van der Waals surface area contributed by atoms with Crippen LogP contribution in [0.5, 0.6) is 0 Å². The van der Waals surface area contributed by atoms with Gasteiger partial charge in [0.05, 0.1) is 0 Å². The summed E-state index contributed by atoms with van der Waals surface area (Å²) in [5.74, 6) is 3.61. The molecule has 0 amide bonds. The molecular formula is C17H27NS. The van der Waals surface area contributed by atoms with E-state index in [1.54, 1.807) is 5.56 Å². The van der Waals surface area contributed by atoms with Crippen molar-refractivity contribution in [1.82, 2.24) is 5.32 Å². The monoisotopic (exact) mass is 277 g/mol. The average Bonchev–Trinajstić information content (AvgIpc) is 2.82. The predicted octanol–water partition coefficient (Wildman–Crippen LogP) is 4.54. The number of nitrogens with one attached hydrogen (secondary N) is 1. The number of fused-ring (bicyclic) bond motifs is 1. The standard InChI is InChI=1S/C17H27NS/c1-4-9-18-11-14(3)13(2)10-15-12-19-17-8-6-5-7-16(15)17/h5-8,13-15,18H,4,9-12H2,1-3H3. The van der Waals surface area contributed by atoms with Crippen LogP contribution in [0.3, 0.4) is 0 Å². The molecule has 1 aromatic rings. The molecule has 2 heteroatoms. The third-order valence-electron chi connectivity index (χ3n) is 4.32. The van der Waals surface area contributed by atoms with Crippen LogP contribution in [0.1, 0.15) is 45.1 Å². The molecule has 19 heavy (non-hydrogen) atoms. The van der Waals surface area contributed by atoms with E-state index in [-0.39, 0.29) is 0 Å². The largest absolute Gasteiger partial charge is 0.316 e. The molecule has 3 unspecified atom stereocenters. The maximum atomic E-state index is 3.55. The molecule has 1 heterocycles. The third-order valence-corrected chi connectivity index (χ3v) is 5.57. The Morgan fingerprint density at radius 1 is 1.26 bits per heavy atom. The van der Waals surface area contributed by atoms with Gasteiger partial charge in [0.2, 0.25) is 0 Å². The van der Waals surface area contributed by atoms with Gasteiger partial charge in [-0.2, -0.15) is 0 Å². The molecule has 2 rings (SSSR count). The van der Waals surface area contributed by atoms with Crippen molar-refractivity contribution in [1.29, 1.82) is 0 Å². The fraction of sp³-hybridized carbons (Fsp3) is 0.647. The van der Waals surface area contributed by atoms with Gasteiger partial charge in [0.15, 0.2) is 0 Å². The molecule has 0 spiro atoms. The molecule has 1 aliphatic heterocycles. The summed E-state index contributed by atoms with van der Waals surface area (Å²) >= 11 is 2.04. The zero-order valence-corrected chi connectivity index (χ0v) is 13.3. The second-order valence-corrected chi connectivity index (χ2v) is 7.00. The molecule has 3 atom stereocenters. The molecule has 106 valence electrons. The van der Waals surface area contributed by atoms with E-state index in [1.807, 2.05) is 11.8 Å². The maximum absolute atomic E-state index is 3.55. The van der Waals surface area contributed by atoms with Crippen molar-refractivity contribution in [2.75, 3.05) is 18.8 Å². The van der Waals surface area contributed by atoms with Crippen molar-refractivity contribution in [3.8, 4) is 0 Å². The number of benzene rings is 1. The van der Waals surface area contributed by atoms with Crippen LogP contribution in [-0.4, -0.2) is 18.8 Å². The molecule has 0 radical (unpaired) electrons. The van der Waals surface area contributed by atoms with Crippen molar-refractivity contribution >= 4 is 11.8 Å². The fourth-order valence-electron chi connectivity index (χ4n) is 2.81. The van der Waals surface area contributed by atoms with Crippen LogP contribution in [0.4, 0.5) is 0 Å². The minimum Gasteiger partial charge on any atom is -0.316 e. The molecule has 1 nitrogen and oxygen atoms in total. The lowest BCUT2D eigenvalue weighted by Crippen LogP contribution is -2.26. The Morgan fingerprint density at radius 3 is 2.84 bits per heavy atom. The first kappa shape index (κ1) is 14.9. The van der Waals surface area contributed by atoms with Crippen LogP contribution < -0.4 is 5.32 Å². The summed E-state index contributed by atoms with van der Waals surface area (Å²) in [7, 11) is 0. The van der Waals surface area contributed by atoms with E-state index in [1.165, 1.54) is 23.5 Å². The lowest BCUT2D eigenvalue weighted by molar-refractivity contribution is 0.332. The normalized spacial score (nSPS) is 21.1. The van der Waals surface area contributed by atoms with Gasteiger partial charge in [0.25, 0.3) is 0 Å². The van der Waals surface area contributed by atoms with Gasteiger partial charge >= 0.3 is 0 Å². The van der Waals surface area contributed by atoms with Crippen LogP contribution in [-0.2, 0) is 0 Å². The SMILES string of the molecule is CCCNCC(C)C(C)CC1CSc2ccccc21. The highest BCUT2D eigenvalue weighted by Gasteiger charge is 2.25. The van der Waals surface area contributed by atoms with Gasteiger partial charge in [-0.15, -0.1) is 11.8 Å². The van der Waals surface area contributed by atoms with Crippen LogP contribution in [0.15, 0.2) is 29.2 Å². The minimum absolute atomic E-state index is 0.768. The van der Waals surface area contributed by atoms with E-state index in [2.05, 4.69) is 50.4 Å². The lowest BCUT2D eigenvalue weighted by atomic mass is 9.84. The highest BCUT2D eigenvalue weighted by Crippen LogP contribution is 2.43. The predicted molar refractivity (Wildman–Crippen MR) is 86.0 cm³/mol. The summed E-state index contributed by atoms with van der Waals surface area (Å²) < 4.78 is 0. The highest BCUT2D eigenvalue weighted by atomic mass is 32.2. The first-order chi connectivity index (χ1) is 9.22. The van der Waals surface area contributed by atoms with Gasteiger partial charge in [-0.1, -0.05) is 39.0 Å².